The van der Waals surface area contributed by atoms with Crippen LogP contribution < -0.4 is 0 Å². The number of hydrogen-bond donors (Lipinski definition) is 0. The Labute approximate surface area is 118 Å². The molecule has 0 aromatic rings. The highest BCUT2D eigenvalue weighted by Gasteiger charge is 2.50. The van der Waals surface area contributed by atoms with Gasteiger partial charge < -0.3 is 4.74 Å². The molecule has 0 bridgehead atoms. The molecule has 0 amide bonds. The molecular formula is C17H18O3. The average molecular weight is 270 g/mol. The second-order valence-corrected chi connectivity index (χ2v) is 5.57. The van der Waals surface area contributed by atoms with Crippen molar-refractivity contribution in [1.29, 1.82) is 0 Å². The topological polar surface area (TPSA) is 43.4 Å². The largest absolute Gasteiger partial charge is 0.461 e. The Kier molecular flexibility index (Phi) is 3.43. The predicted octanol–water partition coefficient (Wildman–Crippen LogP) is 2.75. The quantitative estimate of drug-likeness (QED) is 0.725. The number of ether oxygens (including phenoxy) is 1. The van der Waals surface area contributed by atoms with Gasteiger partial charge in [0.05, 0.1) is 5.92 Å². The van der Waals surface area contributed by atoms with E-state index < -0.39 is 0 Å². The van der Waals surface area contributed by atoms with Crippen molar-refractivity contribution in [3.8, 4) is 0 Å². The number of allylic oxidation sites excluding steroid dienone is 7. The molecule has 0 aromatic carbocycles. The standard InChI is InChI=1S/C17H18O3/c1-11(18)20-17-14-10-6-5-9-13(14)16(19)15(17)12-7-3-2-4-8-12/h2-7,9,12,14-15,17H,8,10H2,1H3/t12?,14?,15-,17?/m0/s1. The van der Waals surface area contributed by atoms with Crippen molar-refractivity contribution in [2.45, 2.75) is 25.9 Å². The number of carbonyl (C=O) groups is 2. The first-order valence-electron chi connectivity index (χ1n) is 7.10. The summed E-state index contributed by atoms with van der Waals surface area (Å²) < 4.78 is 5.52. The first-order chi connectivity index (χ1) is 9.68. The Morgan fingerprint density at radius 2 is 2.00 bits per heavy atom. The van der Waals surface area contributed by atoms with Crippen molar-refractivity contribution in [2.24, 2.45) is 17.8 Å². The zero-order valence-corrected chi connectivity index (χ0v) is 11.5. The van der Waals surface area contributed by atoms with Crippen molar-refractivity contribution in [3.63, 3.8) is 0 Å². The lowest BCUT2D eigenvalue weighted by atomic mass is 9.82. The molecular weight excluding hydrogens is 252 g/mol. The summed E-state index contributed by atoms with van der Waals surface area (Å²) in [5, 5.41) is 0. The molecule has 0 N–H and O–H groups in total. The van der Waals surface area contributed by atoms with Gasteiger partial charge in [-0.2, -0.15) is 0 Å². The maximum absolute atomic E-state index is 12.7. The highest BCUT2D eigenvalue weighted by molar-refractivity contribution is 6.02. The molecule has 0 radical (unpaired) electrons. The lowest BCUT2D eigenvalue weighted by molar-refractivity contribution is -0.151. The van der Waals surface area contributed by atoms with Crippen LogP contribution in [0, 0.1) is 17.8 Å². The molecule has 3 rings (SSSR count). The van der Waals surface area contributed by atoms with Crippen LogP contribution in [0.2, 0.25) is 0 Å². The Hall–Kier alpha value is -1.90. The van der Waals surface area contributed by atoms with Crippen molar-refractivity contribution in [3.05, 3.63) is 48.1 Å². The van der Waals surface area contributed by atoms with Gasteiger partial charge in [-0.05, 0) is 18.8 Å². The first-order valence-corrected chi connectivity index (χ1v) is 7.10. The number of Topliss-reactive ketones (excluding diaryl/α,β-unsaturated/α-hetero) is 1. The van der Waals surface area contributed by atoms with E-state index in [9.17, 15) is 9.59 Å². The van der Waals surface area contributed by atoms with Gasteiger partial charge in [0.1, 0.15) is 6.10 Å². The third-order valence-electron chi connectivity index (χ3n) is 4.32. The van der Waals surface area contributed by atoms with Gasteiger partial charge in [0, 0.05) is 18.4 Å². The predicted molar refractivity (Wildman–Crippen MR) is 75.8 cm³/mol. The minimum Gasteiger partial charge on any atom is -0.461 e. The monoisotopic (exact) mass is 270 g/mol. The van der Waals surface area contributed by atoms with Crippen LogP contribution in [0.3, 0.4) is 0 Å². The number of esters is 1. The molecule has 3 unspecified atom stereocenters. The summed E-state index contributed by atoms with van der Waals surface area (Å²) in [6, 6.07) is 0. The molecule has 1 saturated carbocycles. The van der Waals surface area contributed by atoms with Crippen LogP contribution in [0.1, 0.15) is 19.8 Å². The van der Waals surface area contributed by atoms with E-state index in [4.69, 9.17) is 4.74 Å². The van der Waals surface area contributed by atoms with Gasteiger partial charge in [0.2, 0.25) is 0 Å². The van der Waals surface area contributed by atoms with Crippen LogP contribution in [0.5, 0.6) is 0 Å². The summed E-state index contributed by atoms with van der Waals surface area (Å²) in [4.78, 5) is 24.1. The molecule has 4 atom stereocenters. The lowest BCUT2D eigenvalue weighted by Gasteiger charge is -2.27. The summed E-state index contributed by atoms with van der Waals surface area (Å²) in [7, 11) is 0. The minimum absolute atomic E-state index is 0.0284. The molecule has 0 aliphatic heterocycles. The Bertz CT molecular complexity index is 551. The lowest BCUT2D eigenvalue weighted by Crippen LogP contribution is -2.33. The molecule has 1 fully saturated rings. The van der Waals surface area contributed by atoms with E-state index >= 15 is 0 Å². The van der Waals surface area contributed by atoms with Gasteiger partial charge in [-0.1, -0.05) is 42.5 Å². The van der Waals surface area contributed by atoms with Crippen molar-refractivity contribution in [1.82, 2.24) is 0 Å². The summed E-state index contributed by atoms with van der Waals surface area (Å²) in [6.45, 7) is 1.42. The van der Waals surface area contributed by atoms with Gasteiger partial charge in [-0.3, -0.25) is 9.59 Å². The number of rotatable bonds is 2. The highest BCUT2D eigenvalue weighted by atomic mass is 16.5. The van der Waals surface area contributed by atoms with Gasteiger partial charge in [0.15, 0.2) is 5.78 Å². The van der Waals surface area contributed by atoms with Crippen LogP contribution in [0.4, 0.5) is 0 Å². The zero-order valence-electron chi connectivity index (χ0n) is 11.5. The van der Waals surface area contributed by atoms with Crippen LogP contribution in [0.15, 0.2) is 48.1 Å². The first kappa shape index (κ1) is 13.1. The maximum Gasteiger partial charge on any atom is 0.302 e. The second kappa shape index (κ2) is 5.23. The smallest absolute Gasteiger partial charge is 0.302 e. The van der Waals surface area contributed by atoms with E-state index in [1.807, 2.05) is 30.4 Å². The zero-order chi connectivity index (χ0) is 14.1. The molecule has 0 aromatic heterocycles. The van der Waals surface area contributed by atoms with E-state index in [2.05, 4.69) is 12.2 Å². The molecule has 3 heteroatoms. The van der Waals surface area contributed by atoms with Crippen LogP contribution in [-0.4, -0.2) is 17.9 Å². The maximum atomic E-state index is 12.7. The van der Waals surface area contributed by atoms with Crippen molar-refractivity contribution >= 4 is 11.8 Å². The van der Waals surface area contributed by atoms with Crippen molar-refractivity contribution < 1.29 is 14.3 Å². The van der Waals surface area contributed by atoms with Gasteiger partial charge in [-0.15, -0.1) is 0 Å². The summed E-state index contributed by atoms with van der Waals surface area (Å²) in [6.07, 6.45) is 15.2. The van der Waals surface area contributed by atoms with Crippen LogP contribution >= 0.6 is 0 Å². The Balaban J connectivity index is 1.93. The molecule has 3 nitrogen and oxygen atoms in total. The number of hydrogen-bond acceptors (Lipinski definition) is 3. The summed E-state index contributed by atoms with van der Waals surface area (Å²) in [5.74, 6) is -0.241. The third kappa shape index (κ3) is 2.17. The minimum atomic E-state index is -0.322. The van der Waals surface area contributed by atoms with E-state index in [1.54, 1.807) is 0 Å². The molecule has 3 aliphatic rings. The van der Waals surface area contributed by atoms with E-state index in [-0.39, 0.29) is 35.6 Å². The fourth-order valence-electron chi connectivity index (χ4n) is 3.47. The highest BCUT2D eigenvalue weighted by Crippen LogP contribution is 2.44. The van der Waals surface area contributed by atoms with E-state index in [0.717, 1.165) is 18.4 Å². The van der Waals surface area contributed by atoms with Gasteiger partial charge in [-0.25, -0.2) is 0 Å². The number of ketones is 1. The fraction of sp³-hybridized carbons (Fsp3) is 0.412. The van der Waals surface area contributed by atoms with Crippen molar-refractivity contribution in [2.75, 3.05) is 0 Å². The van der Waals surface area contributed by atoms with E-state index in [0.29, 0.717) is 0 Å². The number of carbonyl (C=O) groups excluding carboxylic acids is 2. The number of fused-ring (bicyclic) bond motifs is 1. The van der Waals surface area contributed by atoms with Crippen LogP contribution in [0.25, 0.3) is 0 Å². The Morgan fingerprint density at radius 1 is 1.20 bits per heavy atom. The molecule has 3 aliphatic carbocycles. The summed E-state index contributed by atoms with van der Waals surface area (Å²) >= 11 is 0. The third-order valence-corrected chi connectivity index (χ3v) is 4.32. The normalized spacial score (nSPS) is 34.9. The Morgan fingerprint density at radius 3 is 2.70 bits per heavy atom. The molecule has 0 spiro atoms. The second-order valence-electron chi connectivity index (χ2n) is 5.57. The summed E-state index contributed by atoms with van der Waals surface area (Å²) in [5.41, 5.74) is 0.826. The van der Waals surface area contributed by atoms with Crippen LogP contribution in [-0.2, 0) is 14.3 Å². The van der Waals surface area contributed by atoms with Gasteiger partial charge in [0.25, 0.3) is 0 Å². The van der Waals surface area contributed by atoms with E-state index in [1.165, 1.54) is 6.92 Å². The molecule has 104 valence electrons. The molecule has 0 heterocycles. The average Bonchev–Trinajstić information content (AvgIpc) is 2.73. The molecule has 0 saturated heterocycles. The SMILES string of the molecule is CC(=O)OC1C2CC=CC=C2C(=O)[C@@H]1C1C=CC=CC1. The molecule has 20 heavy (non-hydrogen) atoms. The fourth-order valence-corrected chi connectivity index (χ4v) is 3.47. The van der Waals surface area contributed by atoms with Gasteiger partial charge >= 0.3 is 5.97 Å².